The lowest BCUT2D eigenvalue weighted by atomic mass is 10.1. The molecule has 1 aliphatic heterocycles. The number of likely N-dealkylation sites (N-methyl/N-ethyl adjacent to an activating group) is 1. The van der Waals surface area contributed by atoms with E-state index in [1.54, 1.807) is 12.5 Å². The second kappa shape index (κ2) is 5.30. The summed E-state index contributed by atoms with van der Waals surface area (Å²) in [6, 6.07) is 2.35. The standard InChI is InChI=1S/C11H17NO3/c1-12-10(6-9-2-3-13-8-9)7-11-14-4-5-15-11/h2-3,8,10-12H,4-7H2,1H3. The van der Waals surface area contributed by atoms with E-state index in [2.05, 4.69) is 5.32 Å². The second-order valence-electron chi connectivity index (χ2n) is 3.73. The van der Waals surface area contributed by atoms with Crippen molar-refractivity contribution in [1.29, 1.82) is 0 Å². The van der Waals surface area contributed by atoms with Crippen LogP contribution >= 0.6 is 0 Å². The van der Waals surface area contributed by atoms with Crippen molar-refractivity contribution in [2.75, 3.05) is 20.3 Å². The number of hydrogen-bond donors (Lipinski definition) is 1. The first-order valence-corrected chi connectivity index (χ1v) is 5.30. The topological polar surface area (TPSA) is 43.6 Å². The fraction of sp³-hybridized carbons (Fsp3) is 0.636. The lowest BCUT2D eigenvalue weighted by molar-refractivity contribution is -0.0522. The molecule has 0 spiro atoms. The Kier molecular flexibility index (Phi) is 3.77. The number of furan rings is 1. The summed E-state index contributed by atoms with van der Waals surface area (Å²) in [7, 11) is 1.96. The van der Waals surface area contributed by atoms with Gasteiger partial charge < -0.3 is 19.2 Å². The minimum atomic E-state index is -0.0469. The lowest BCUT2D eigenvalue weighted by Crippen LogP contribution is -2.32. The smallest absolute Gasteiger partial charge is 0.159 e. The van der Waals surface area contributed by atoms with Crippen LogP contribution in [0.2, 0.25) is 0 Å². The molecule has 2 heterocycles. The molecule has 1 aliphatic rings. The summed E-state index contributed by atoms with van der Waals surface area (Å²) < 4.78 is 15.9. The predicted octanol–water partition coefficient (Wildman–Crippen LogP) is 1.17. The van der Waals surface area contributed by atoms with Crippen LogP contribution in [-0.2, 0) is 15.9 Å². The first-order chi connectivity index (χ1) is 7.38. The van der Waals surface area contributed by atoms with Crippen LogP contribution in [0, 0.1) is 0 Å². The first-order valence-electron chi connectivity index (χ1n) is 5.30. The SMILES string of the molecule is CNC(Cc1ccoc1)CC1OCCO1. The Morgan fingerprint density at radius 3 is 2.87 bits per heavy atom. The molecule has 15 heavy (non-hydrogen) atoms. The largest absolute Gasteiger partial charge is 0.472 e. The Morgan fingerprint density at radius 1 is 1.47 bits per heavy atom. The van der Waals surface area contributed by atoms with Crippen LogP contribution in [0.4, 0.5) is 0 Å². The number of hydrogen-bond acceptors (Lipinski definition) is 4. The average molecular weight is 211 g/mol. The van der Waals surface area contributed by atoms with Crippen LogP contribution in [0.3, 0.4) is 0 Å². The third-order valence-electron chi connectivity index (χ3n) is 2.64. The van der Waals surface area contributed by atoms with Crippen LogP contribution < -0.4 is 5.32 Å². The Morgan fingerprint density at radius 2 is 2.27 bits per heavy atom. The highest BCUT2D eigenvalue weighted by Gasteiger charge is 2.20. The Labute approximate surface area is 89.6 Å². The van der Waals surface area contributed by atoms with Gasteiger partial charge in [0.2, 0.25) is 0 Å². The summed E-state index contributed by atoms with van der Waals surface area (Å²) in [5.41, 5.74) is 1.20. The van der Waals surface area contributed by atoms with Gasteiger partial charge in [0.25, 0.3) is 0 Å². The zero-order valence-electron chi connectivity index (χ0n) is 8.94. The minimum Gasteiger partial charge on any atom is -0.472 e. The Hall–Kier alpha value is -0.840. The van der Waals surface area contributed by atoms with E-state index in [4.69, 9.17) is 13.9 Å². The van der Waals surface area contributed by atoms with E-state index < -0.39 is 0 Å². The number of ether oxygens (including phenoxy) is 2. The summed E-state index contributed by atoms with van der Waals surface area (Å²) in [6.45, 7) is 1.43. The summed E-state index contributed by atoms with van der Waals surface area (Å²) in [6.07, 6.45) is 5.25. The second-order valence-corrected chi connectivity index (χ2v) is 3.73. The van der Waals surface area contributed by atoms with Gasteiger partial charge in [-0.2, -0.15) is 0 Å². The van der Waals surface area contributed by atoms with Crippen LogP contribution in [0.25, 0.3) is 0 Å². The lowest BCUT2D eigenvalue weighted by Gasteiger charge is -2.18. The van der Waals surface area contributed by atoms with E-state index >= 15 is 0 Å². The maximum Gasteiger partial charge on any atom is 0.159 e. The fourth-order valence-corrected chi connectivity index (χ4v) is 1.77. The van der Waals surface area contributed by atoms with E-state index in [1.165, 1.54) is 5.56 Å². The van der Waals surface area contributed by atoms with Crippen molar-refractivity contribution in [3.05, 3.63) is 24.2 Å². The zero-order valence-corrected chi connectivity index (χ0v) is 8.94. The highest BCUT2D eigenvalue weighted by molar-refractivity contribution is 5.07. The molecule has 0 aromatic carbocycles. The van der Waals surface area contributed by atoms with E-state index in [0.29, 0.717) is 19.3 Å². The average Bonchev–Trinajstić information content (AvgIpc) is 2.89. The molecule has 0 radical (unpaired) electrons. The Bertz CT molecular complexity index is 267. The van der Waals surface area contributed by atoms with Crippen molar-refractivity contribution in [2.24, 2.45) is 0 Å². The Balaban J connectivity index is 1.81. The summed E-state index contributed by atoms with van der Waals surface area (Å²) in [5, 5.41) is 3.27. The monoisotopic (exact) mass is 211 g/mol. The first kappa shape index (κ1) is 10.7. The van der Waals surface area contributed by atoms with Crippen LogP contribution in [0.5, 0.6) is 0 Å². The number of rotatable bonds is 5. The van der Waals surface area contributed by atoms with E-state index in [0.717, 1.165) is 12.8 Å². The third kappa shape index (κ3) is 3.06. The summed E-state index contributed by atoms with van der Waals surface area (Å²) in [5.74, 6) is 0. The van der Waals surface area contributed by atoms with Crippen molar-refractivity contribution < 1.29 is 13.9 Å². The molecule has 4 heteroatoms. The van der Waals surface area contributed by atoms with Crippen molar-refractivity contribution in [2.45, 2.75) is 25.2 Å². The molecule has 1 aromatic rings. The summed E-state index contributed by atoms with van der Waals surface area (Å²) >= 11 is 0. The van der Waals surface area contributed by atoms with Crippen molar-refractivity contribution in [3.8, 4) is 0 Å². The van der Waals surface area contributed by atoms with Gasteiger partial charge in [-0.25, -0.2) is 0 Å². The van der Waals surface area contributed by atoms with Crippen LogP contribution in [0.15, 0.2) is 23.0 Å². The van der Waals surface area contributed by atoms with Gasteiger partial charge >= 0.3 is 0 Å². The van der Waals surface area contributed by atoms with Gasteiger partial charge in [-0.05, 0) is 25.1 Å². The zero-order chi connectivity index (χ0) is 10.5. The van der Waals surface area contributed by atoms with E-state index in [1.807, 2.05) is 13.1 Å². The molecule has 1 unspecified atom stereocenters. The van der Waals surface area contributed by atoms with Crippen LogP contribution in [0.1, 0.15) is 12.0 Å². The maximum absolute atomic E-state index is 5.42. The molecule has 0 bridgehead atoms. The molecule has 0 amide bonds. The molecule has 1 atom stereocenters. The summed E-state index contributed by atoms with van der Waals surface area (Å²) in [4.78, 5) is 0. The molecule has 84 valence electrons. The number of nitrogens with one attached hydrogen (secondary N) is 1. The van der Waals surface area contributed by atoms with Gasteiger partial charge in [0, 0.05) is 12.5 Å². The predicted molar refractivity (Wildman–Crippen MR) is 55.6 cm³/mol. The highest BCUT2D eigenvalue weighted by Crippen LogP contribution is 2.13. The van der Waals surface area contributed by atoms with Gasteiger partial charge in [-0.3, -0.25) is 0 Å². The van der Waals surface area contributed by atoms with E-state index in [9.17, 15) is 0 Å². The van der Waals surface area contributed by atoms with Gasteiger partial charge in [0.1, 0.15) is 0 Å². The molecule has 4 nitrogen and oxygen atoms in total. The van der Waals surface area contributed by atoms with Crippen LogP contribution in [-0.4, -0.2) is 32.6 Å². The molecule has 0 saturated carbocycles. The van der Waals surface area contributed by atoms with Crippen molar-refractivity contribution >= 4 is 0 Å². The normalized spacial score (nSPS) is 19.5. The van der Waals surface area contributed by atoms with Gasteiger partial charge in [0.05, 0.1) is 25.7 Å². The maximum atomic E-state index is 5.42. The van der Waals surface area contributed by atoms with Gasteiger partial charge in [0.15, 0.2) is 6.29 Å². The van der Waals surface area contributed by atoms with Gasteiger partial charge in [-0.15, -0.1) is 0 Å². The minimum absolute atomic E-state index is 0.0469. The molecular weight excluding hydrogens is 194 g/mol. The molecule has 2 rings (SSSR count). The molecule has 1 saturated heterocycles. The van der Waals surface area contributed by atoms with Crippen molar-refractivity contribution in [1.82, 2.24) is 5.32 Å². The molecule has 1 aromatic heterocycles. The molecule has 1 N–H and O–H groups in total. The quantitative estimate of drug-likeness (QED) is 0.794. The van der Waals surface area contributed by atoms with E-state index in [-0.39, 0.29) is 6.29 Å². The van der Waals surface area contributed by atoms with Gasteiger partial charge in [-0.1, -0.05) is 0 Å². The fourth-order valence-electron chi connectivity index (χ4n) is 1.77. The molecular formula is C11H17NO3. The third-order valence-corrected chi connectivity index (χ3v) is 2.64. The van der Waals surface area contributed by atoms with Crippen molar-refractivity contribution in [3.63, 3.8) is 0 Å². The molecule has 0 aliphatic carbocycles. The highest BCUT2D eigenvalue weighted by atomic mass is 16.7. The molecule has 1 fully saturated rings.